The summed E-state index contributed by atoms with van der Waals surface area (Å²) in [6.07, 6.45) is 6.51. The van der Waals surface area contributed by atoms with Gasteiger partial charge >= 0.3 is 12.2 Å². The number of anilines is 1. The first-order chi connectivity index (χ1) is 15.3. The second-order valence-corrected chi connectivity index (χ2v) is 12.0. The Balaban J connectivity index is 1.59. The lowest BCUT2D eigenvalue weighted by molar-refractivity contribution is 0.00566. The summed E-state index contributed by atoms with van der Waals surface area (Å²) >= 11 is 2.22. The largest absolute Gasteiger partial charge is 0.444 e. The Bertz CT molecular complexity index is 1060. The van der Waals surface area contributed by atoms with Crippen molar-refractivity contribution in [1.29, 1.82) is 0 Å². The summed E-state index contributed by atoms with van der Waals surface area (Å²) in [5, 5.41) is 2.78. The number of carbonyl (C=O) groups excluding carboxylic acids is 2. The predicted octanol–water partition coefficient (Wildman–Crippen LogP) is 5.33. The highest BCUT2D eigenvalue weighted by atomic mass is 127. The minimum atomic E-state index is -0.616. The maximum atomic E-state index is 12.8. The zero-order valence-corrected chi connectivity index (χ0v) is 22.2. The zero-order valence-electron chi connectivity index (χ0n) is 20.0. The zero-order chi connectivity index (χ0) is 24.1. The molecule has 33 heavy (non-hydrogen) atoms. The number of imidazole rings is 1. The van der Waals surface area contributed by atoms with E-state index in [9.17, 15) is 9.59 Å². The van der Waals surface area contributed by atoms with Crippen LogP contribution >= 0.6 is 22.6 Å². The molecule has 2 aromatic rings. The van der Waals surface area contributed by atoms with Crippen molar-refractivity contribution >= 4 is 46.2 Å². The van der Waals surface area contributed by atoms with Crippen LogP contribution in [0.3, 0.4) is 0 Å². The van der Waals surface area contributed by atoms with Gasteiger partial charge < -0.3 is 14.4 Å². The Kier molecular flexibility index (Phi) is 6.25. The molecule has 0 aromatic carbocycles. The van der Waals surface area contributed by atoms with Crippen molar-refractivity contribution in [1.82, 2.24) is 19.3 Å². The van der Waals surface area contributed by atoms with E-state index >= 15 is 0 Å². The Morgan fingerprint density at radius 3 is 2.24 bits per heavy atom. The molecule has 0 saturated carbocycles. The second-order valence-electron chi connectivity index (χ2n) is 10.9. The molecule has 2 bridgehead atoms. The highest BCUT2D eigenvalue weighted by molar-refractivity contribution is 14.1. The molecule has 2 aliphatic rings. The third-order valence-electron chi connectivity index (χ3n) is 5.84. The van der Waals surface area contributed by atoms with Crippen molar-refractivity contribution in [3.63, 3.8) is 0 Å². The number of rotatable bonds is 2. The third-order valence-corrected chi connectivity index (χ3v) is 6.64. The number of carbonyl (C=O) groups is 2. The summed E-state index contributed by atoms with van der Waals surface area (Å²) in [7, 11) is 0. The van der Waals surface area contributed by atoms with E-state index in [4.69, 9.17) is 14.5 Å². The summed E-state index contributed by atoms with van der Waals surface area (Å²) in [4.78, 5) is 36.4. The van der Waals surface area contributed by atoms with Gasteiger partial charge in [0.05, 0.1) is 11.9 Å². The van der Waals surface area contributed by atoms with Gasteiger partial charge in [-0.25, -0.2) is 19.6 Å². The fourth-order valence-electron chi connectivity index (χ4n) is 4.69. The number of amides is 2. The number of hydrogen-bond acceptors (Lipinski definition) is 6. The van der Waals surface area contributed by atoms with Gasteiger partial charge in [0, 0.05) is 24.2 Å². The average molecular weight is 569 g/mol. The molecule has 4 rings (SSSR count). The van der Waals surface area contributed by atoms with Gasteiger partial charge in [-0.05, 0) is 89.8 Å². The quantitative estimate of drug-likeness (QED) is 0.492. The molecular weight excluding hydrogens is 537 g/mol. The number of nitrogens with zero attached hydrogens (tertiary/aromatic N) is 4. The SMILES string of the molecule is CC(C)(C)OC(=O)Nc1nc(C2C[C@H]3CC[C@@H](C2)N3C(=O)OC(C)(C)C)cn2c(I)cnc12. The maximum absolute atomic E-state index is 12.8. The molecule has 0 aliphatic carbocycles. The maximum Gasteiger partial charge on any atom is 0.413 e. The summed E-state index contributed by atoms with van der Waals surface area (Å²) in [5.41, 5.74) is 0.323. The summed E-state index contributed by atoms with van der Waals surface area (Å²) in [6, 6.07) is 0.260. The van der Waals surface area contributed by atoms with Gasteiger partial charge in [0.15, 0.2) is 11.5 Å². The molecular formula is C23H32IN5O4. The van der Waals surface area contributed by atoms with E-state index in [-0.39, 0.29) is 24.1 Å². The molecule has 2 aromatic heterocycles. The molecule has 2 aliphatic heterocycles. The molecule has 2 amide bonds. The van der Waals surface area contributed by atoms with Gasteiger partial charge in [-0.2, -0.15) is 0 Å². The summed E-state index contributed by atoms with van der Waals surface area (Å²) in [5.74, 6) is 0.551. The van der Waals surface area contributed by atoms with E-state index in [1.54, 1.807) is 6.20 Å². The number of hydrogen-bond donors (Lipinski definition) is 1. The monoisotopic (exact) mass is 569 g/mol. The van der Waals surface area contributed by atoms with E-state index in [2.05, 4.69) is 32.9 Å². The summed E-state index contributed by atoms with van der Waals surface area (Å²) < 4.78 is 13.9. The van der Waals surface area contributed by atoms with Crippen molar-refractivity contribution < 1.29 is 19.1 Å². The van der Waals surface area contributed by atoms with Gasteiger partial charge in [-0.15, -0.1) is 0 Å². The molecule has 10 heteroatoms. The van der Waals surface area contributed by atoms with E-state index in [0.29, 0.717) is 11.5 Å². The minimum absolute atomic E-state index is 0.130. The molecule has 180 valence electrons. The van der Waals surface area contributed by atoms with Crippen LogP contribution in [0.25, 0.3) is 5.65 Å². The number of aromatic nitrogens is 3. The van der Waals surface area contributed by atoms with Crippen LogP contribution in [-0.2, 0) is 9.47 Å². The number of fused-ring (bicyclic) bond motifs is 3. The lowest BCUT2D eigenvalue weighted by Crippen LogP contribution is -2.48. The van der Waals surface area contributed by atoms with Crippen LogP contribution in [0.5, 0.6) is 0 Å². The van der Waals surface area contributed by atoms with Crippen molar-refractivity contribution in [2.75, 3.05) is 5.32 Å². The topological polar surface area (TPSA) is 98.1 Å². The van der Waals surface area contributed by atoms with E-state index < -0.39 is 17.3 Å². The number of ether oxygens (including phenoxy) is 2. The fraction of sp³-hybridized carbons (Fsp3) is 0.652. The van der Waals surface area contributed by atoms with Crippen molar-refractivity contribution in [2.45, 2.75) is 96.4 Å². The lowest BCUT2D eigenvalue weighted by atomic mass is 9.88. The Morgan fingerprint density at radius 1 is 1.06 bits per heavy atom. The highest BCUT2D eigenvalue weighted by Gasteiger charge is 2.45. The molecule has 4 heterocycles. The van der Waals surface area contributed by atoms with E-state index in [0.717, 1.165) is 35.1 Å². The fourth-order valence-corrected chi connectivity index (χ4v) is 5.20. The standard InChI is InChI=1S/C23H32IN5O4/c1-22(2,3)32-20(30)27-18-19-25-11-17(24)28(19)12-16(26-18)13-9-14-7-8-15(10-13)29(14)21(31)33-23(4,5)6/h11-15H,7-10H2,1-6H3,(H,26,27,30)/t13?,14-,15+. The first-order valence-electron chi connectivity index (χ1n) is 11.4. The van der Waals surface area contributed by atoms with Gasteiger partial charge in [0.25, 0.3) is 0 Å². The Labute approximate surface area is 207 Å². The smallest absolute Gasteiger partial charge is 0.413 e. The molecule has 2 saturated heterocycles. The molecule has 2 fully saturated rings. The van der Waals surface area contributed by atoms with Gasteiger partial charge in [-0.3, -0.25) is 9.72 Å². The second kappa shape index (κ2) is 8.59. The van der Waals surface area contributed by atoms with Gasteiger partial charge in [0.1, 0.15) is 14.9 Å². The normalized spacial score (nSPS) is 23.0. The highest BCUT2D eigenvalue weighted by Crippen LogP contribution is 2.43. The van der Waals surface area contributed by atoms with Crippen LogP contribution < -0.4 is 5.32 Å². The number of halogens is 1. The average Bonchev–Trinajstić information content (AvgIpc) is 3.16. The van der Waals surface area contributed by atoms with Crippen LogP contribution in [0.4, 0.5) is 15.4 Å². The van der Waals surface area contributed by atoms with Crippen molar-refractivity contribution in [3.8, 4) is 0 Å². The first kappa shape index (κ1) is 24.0. The molecule has 9 nitrogen and oxygen atoms in total. The lowest BCUT2D eigenvalue weighted by Gasteiger charge is -2.39. The molecule has 1 unspecified atom stereocenters. The van der Waals surface area contributed by atoms with Gasteiger partial charge in [0.2, 0.25) is 0 Å². The van der Waals surface area contributed by atoms with E-state index in [1.165, 1.54) is 0 Å². The van der Waals surface area contributed by atoms with Crippen molar-refractivity contribution in [2.24, 2.45) is 0 Å². The number of piperidine rings is 1. The number of nitrogens with one attached hydrogen (secondary N) is 1. The van der Waals surface area contributed by atoms with Crippen LogP contribution in [0, 0.1) is 3.70 Å². The van der Waals surface area contributed by atoms with Crippen LogP contribution in [0.15, 0.2) is 12.4 Å². The molecule has 3 atom stereocenters. The molecule has 0 radical (unpaired) electrons. The van der Waals surface area contributed by atoms with Crippen LogP contribution in [-0.4, -0.2) is 54.7 Å². The third kappa shape index (κ3) is 5.36. The Hall–Kier alpha value is -2.11. The molecule has 0 spiro atoms. The Morgan fingerprint density at radius 2 is 1.67 bits per heavy atom. The summed E-state index contributed by atoms with van der Waals surface area (Å²) in [6.45, 7) is 11.1. The van der Waals surface area contributed by atoms with Crippen LogP contribution in [0.1, 0.15) is 78.8 Å². The predicted molar refractivity (Wildman–Crippen MR) is 132 cm³/mol. The molecule has 1 N–H and O–H groups in total. The minimum Gasteiger partial charge on any atom is -0.444 e. The van der Waals surface area contributed by atoms with Crippen LogP contribution in [0.2, 0.25) is 0 Å². The first-order valence-corrected chi connectivity index (χ1v) is 12.4. The van der Waals surface area contributed by atoms with Gasteiger partial charge in [-0.1, -0.05) is 0 Å². The van der Waals surface area contributed by atoms with Crippen molar-refractivity contribution in [3.05, 3.63) is 21.8 Å². The van der Waals surface area contributed by atoms with E-state index in [1.807, 2.05) is 57.0 Å².